The lowest BCUT2D eigenvalue weighted by molar-refractivity contribution is 0.354. The molecule has 2 heterocycles. The van der Waals surface area contributed by atoms with Crippen LogP contribution in [0.25, 0.3) is 10.9 Å². The molecule has 140 valence electrons. The molecule has 4 heteroatoms. The first-order valence-corrected chi connectivity index (χ1v) is 9.44. The molecule has 5 rings (SSSR count). The smallest absolute Gasteiger partial charge is 0.161 e. The van der Waals surface area contributed by atoms with Crippen LogP contribution in [-0.4, -0.2) is 19.2 Å². The maximum atomic E-state index is 5.56. The zero-order valence-corrected chi connectivity index (χ0v) is 16.0. The van der Waals surface area contributed by atoms with Gasteiger partial charge < -0.3 is 19.8 Å². The SMILES string of the molecule is COc1ccc(C2Nc3ccccc3Cc3[nH]c4ccccc4c32)cc1OC. The van der Waals surface area contributed by atoms with Crippen molar-refractivity contribution in [1.29, 1.82) is 0 Å². The molecule has 1 aromatic heterocycles. The lowest BCUT2D eigenvalue weighted by atomic mass is 9.95. The van der Waals surface area contributed by atoms with E-state index in [1.54, 1.807) is 14.2 Å². The molecule has 0 radical (unpaired) electrons. The lowest BCUT2D eigenvalue weighted by Gasteiger charge is -2.21. The molecular weight excluding hydrogens is 348 g/mol. The number of aromatic amines is 1. The van der Waals surface area contributed by atoms with Gasteiger partial charge in [-0.2, -0.15) is 0 Å². The Morgan fingerprint density at radius 1 is 0.857 bits per heavy atom. The molecule has 0 amide bonds. The van der Waals surface area contributed by atoms with Gasteiger partial charge in [-0.3, -0.25) is 0 Å². The van der Waals surface area contributed by atoms with Gasteiger partial charge in [-0.25, -0.2) is 0 Å². The second-order valence-corrected chi connectivity index (χ2v) is 7.09. The predicted octanol–water partition coefficient (Wildman–Crippen LogP) is 5.29. The Labute approximate surface area is 164 Å². The summed E-state index contributed by atoms with van der Waals surface area (Å²) in [5.74, 6) is 1.47. The highest BCUT2D eigenvalue weighted by molar-refractivity contribution is 5.87. The van der Waals surface area contributed by atoms with Crippen LogP contribution in [0.3, 0.4) is 0 Å². The fourth-order valence-corrected chi connectivity index (χ4v) is 4.20. The predicted molar refractivity (Wildman–Crippen MR) is 113 cm³/mol. The topological polar surface area (TPSA) is 46.3 Å². The molecule has 1 aliphatic heterocycles. The van der Waals surface area contributed by atoms with E-state index < -0.39 is 0 Å². The molecule has 4 nitrogen and oxygen atoms in total. The zero-order valence-electron chi connectivity index (χ0n) is 16.0. The van der Waals surface area contributed by atoms with Gasteiger partial charge in [-0.15, -0.1) is 0 Å². The van der Waals surface area contributed by atoms with Gasteiger partial charge in [0.15, 0.2) is 11.5 Å². The number of anilines is 1. The molecule has 1 atom stereocenters. The summed E-state index contributed by atoms with van der Waals surface area (Å²) < 4.78 is 11.0. The van der Waals surface area contributed by atoms with Gasteiger partial charge in [0.1, 0.15) is 0 Å². The van der Waals surface area contributed by atoms with Crippen molar-refractivity contribution in [3.8, 4) is 11.5 Å². The summed E-state index contributed by atoms with van der Waals surface area (Å²) in [5, 5.41) is 5.03. The van der Waals surface area contributed by atoms with Gasteiger partial charge in [0.25, 0.3) is 0 Å². The van der Waals surface area contributed by atoms with Crippen molar-refractivity contribution in [3.63, 3.8) is 0 Å². The molecular formula is C24H22N2O2. The summed E-state index contributed by atoms with van der Waals surface area (Å²) in [6.45, 7) is 0. The lowest BCUT2D eigenvalue weighted by Crippen LogP contribution is -2.12. The summed E-state index contributed by atoms with van der Waals surface area (Å²) in [5.41, 5.74) is 7.30. The first kappa shape index (κ1) is 16.8. The molecule has 0 spiro atoms. The summed E-state index contributed by atoms with van der Waals surface area (Å²) in [6, 6.07) is 23.2. The minimum atomic E-state index is 0.00889. The van der Waals surface area contributed by atoms with Gasteiger partial charge >= 0.3 is 0 Å². The number of rotatable bonds is 3. The van der Waals surface area contributed by atoms with Crippen molar-refractivity contribution in [2.45, 2.75) is 12.5 Å². The van der Waals surface area contributed by atoms with Crippen molar-refractivity contribution in [2.75, 3.05) is 19.5 Å². The Morgan fingerprint density at radius 2 is 1.64 bits per heavy atom. The average molecular weight is 370 g/mol. The van der Waals surface area contributed by atoms with E-state index in [1.807, 2.05) is 6.07 Å². The summed E-state index contributed by atoms with van der Waals surface area (Å²) in [4.78, 5) is 3.65. The van der Waals surface area contributed by atoms with Crippen LogP contribution in [-0.2, 0) is 6.42 Å². The molecule has 0 fully saturated rings. The van der Waals surface area contributed by atoms with E-state index in [4.69, 9.17) is 9.47 Å². The van der Waals surface area contributed by atoms with E-state index in [-0.39, 0.29) is 6.04 Å². The number of nitrogens with one attached hydrogen (secondary N) is 2. The first-order valence-electron chi connectivity index (χ1n) is 9.44. The largest absolute Gasteiger partial charge is 0.493 e. The van der Waals surface area contributed by atoms with Crippen LogP contribution >= 0.6 is 0 Å². The van der Waals surface area contributed by atoms with E-state index in [2.05, 4.69) is 71.0 Å². The third-order valence-electron chi connectivity index (χ3n) is 5.54. The van der Waals surface area contributed by atoms with Gasteiger partial charge in [-0.05, 0) is 35.4 Å². The Hall–Kier alpha value is -3.40. The number of hydrogen-bond acceptors (Lipinski definition) is 3. The highest BCUT2D eigenvalue weighted by Gasteiger charge is 2.27. The summed E-state index contributed by atoms with van der Waals surface area (Å²) >= 11 is 0. The average Bonchev–Trinajstić information content (AvgIpc) is 3.01. The molecule has 4 aromatic rings. The number of methoxy groups -OCH3 is 2. The normalized spacial score (nSPS) is 15.3. The maximum Gasteiger partial charge on any atom is 0.161 e. The number of hydrogen-bond donors (Lipinski definition) is 2. The number of ether oxygens (including phenoxy) is 2. The van der Waals surface area contributed by atoms with E-state index in [0.29, 0.717) is 0 Å². The molecule has 1 unspecified atom stereocenters. The number of fused-ring (bicyclic) bond motifs is 4. The van der Waals surface area contributed by atoms with Gasteiger partial charge in [-0.1, -0.05) is 42.5 Å². The Balaban J connectivity index is 1.75. The summed E-state index contributed by atoms with van der Waals surface area (Å²) in [6.07, 6.45) is 0.872. The standard InChI is InChI=1S/C24H22N2O2/c1-27-21-12-11-16(14-22(21)28-2)24-23-17-8-4-6-10-19(17)25-20(23)13-15-7-3-5-9-18(15)26-24/h3-12,14,24-26H,13H2,1-2H3. The van der Waals surface area contributed by atoms with Crippen molar-refractivity contribution in [2.24, 2.45) is 0 Å². The second-order valence-electron chi connectivity index (χ2n) is 7.09. The molecule has 0 saturated carbocycles. The monoisotopic (exact) mass is 370 g/mol. The van der Waals surface area contributed by atoms with E-state index in [0.717, 1.165) is 29.2 Å². The molecule has 0 bridgehead atoms. The van der Waals surface area contributed by atoms with Crippen LogP contribution in [0.5, 0.6) is 11.5 Å². The molecule has 2 N–H and O–H groups in total. The Kier molecular flexibility index (Phi) is 3.97. The molecule has 0 aliphatic carbocycles. The van der Waals surface area contributed by atoms with E-state index >= 15 is 0 Å². The van der Waals surface area contributed by atoms with Crippen LogP contribution in [0.15, 0.2) is 66.7 Å². The van der Waals surface area contributed by atoms with E-state index in [1.165, 1.54) is 27.7 Å². The Morgan fingerprint density at radius 3 is 2.50 bits per heavy atom. The fraction of sp³-hybridized carbons (Fsp3) is 0.167. The van der Waals surface area contributed by atoms with Crippen LogP contribution in [0.2, 0.25) is 0 Å². The number of H-pyrrole nitrogens is 1. The Bertz CT molecular complexity index is 1160. The third kappa shape index (κ3) is 2.61. The highest BCUT2D eigenvalue weighted by atomic mass is 16.5. The van der Waals surface area contributed by atoms with Gasteiger partial charge in [0.2, 0.25) is 0 Å². The fourth-order valence-electron chi connectivity index (χ4n) is 4.20. The minimum Gasteiger partial charge on any atom is -0.493 e. The minimum absolute atomic E-state index is 0.00889. The number of aromatic nitrogens is 1. The molecule has 28 heavy (non-hydrogen) atoms. The quantitative estimate of drug-likeness (QED) is 0.515. The van der Waals surface area contributed by atoms with Crippen molar-refractivity contribution >= 4 is 16.6 Å². The third-order valence-corrected chi connectivity index (χ3v) is 5.54. The van der Waals surface area contributed by atoms with Crippen LogP contribution in [0.1, 0.15) is 28.4 Å². The van der Waals surface area contributed by atoms with Crippen LogP contribution in [0.4, 0.5) is 5.69 Å². The highest BCUT2D eigenvalue weighted by Crippen LogP contribution is 2.41. The molecule has 0 saturated heterocycles. The van der Waals surface area contributed by atoms with Crippen LogP contribution in [0, 0.1) is 0 Å². The maximum absolute atomic E-state index is 5.56. The van der Waals surface area contributed by atoms with Gasteiger partial charge in [0, 0.05) is 34.3 Å². The van der Waals surface area contributed by atoms with Crippen molar-refractivity contribution in [1.82, 2.24) is 4.98 Å². The molecule has 1 aliphatic rings. The van der Waals surface area contributed by atoms with E-state index in [9.17, 15) is 0 Å². The van der Waals surface area contributed by atoms with Crippen molar-refractivity contribution < 1.29 is 9.47 Å². The van der Waals surface area contributed by atoms with Gasteiger partial charge in [0.05, 0.1) is 20.3 Å². The number of para-hydroxylation sites is 2. The molecule has 3 aromatic carbocycles. The van der Waals surface area contributed by atoms with Crippen molar-refractivity contribution in [3.05, 3.63) is 89.1 Å². The summed E-state index contributed by atoms with van der Waals surface area (Å²) in [7, 11) is 3.34. The van der Waals surface area contributed by atoms with Crippen LogP contribution < -0.4 is 14.8 Å². The number of benzene rings is 3. The zero-order chi connectivity index (χ0) is 19.1. The first-order chi connectivity index (χ1) is 13.8. The second kappa shape index (κ2) is 6.64.